The molecule has 0 saturated heterocycles. The number of hydrogen-bond acceptors (Lipinski definition) is 3. The zero-order valence-electron chi connectivity index (χ0n) is 11.5. The molecule has 0 aliphatic carbocycles. The molecule has 0 atom stereocenters. The normalized spacial score (nSPS) is 10.3. The molecule has 104 valence electrons. The molecule has 2 heterocycles. The molecule has 1 N–H and O–H groups in total. The molecule has 4 heteroatoms. The van der Waals surface area contributed by atoms with Crippen molar-refractivity contribution in [2.24, 2.45) is 0 Å². The molecular weight excluding hydrogens is 280 g/mol. The third kappa shape index (κ3) is 3.01. The first-order valence-corrected chi connectivity index (χ1v) is 7.50. The molecule has 3 nitrogen and oxygen atoms in total. The van der Waals surface area contributed by atoms with Gasteiger partial charge in [-0.1, -0.05) is 36.4 Å². The second kappa shape index (κ2) is 5.89. The van der Waals surface area contributed by atoms with Crippen molar-refractivity contribution < 1.29 is 4.79 Å². The summed E-state index contributed by atoms with van der Waals surface area (Å²) in [6, 6.07) is 17.5. The van der Waals surface area contributed by atoms with Crippen LogP contribution >= 0.6 is 11.3 Å². The number of carbonyl (C=O) groups is 1. The van der Waals surface area contributed by atoms with Crippen LogP contribution in [0.1, 0.15) is 15.4 Å². The number of amides is 1. The van der Waals surface area contributed by atoms with Crippen LogP contribution in [0.3, 0.4) is 0 Å². The van der Waals surface area contributed by atoms with Crippen molar-refractivity contribution in [3.63, 3.8) is 0 Å². The molecule has 0 aliphatic heterocycles. The predicted molar refractivity (Wildman–Crippen MR) is 86.7 cm³/mol. The Labute approximate surface area is 127 Å². The average Bonchev–Trinajstić information content (AvgIpc) is 2.98. The highest BCUT2D eigenvalue weighted by atomic mass is 32.1. The van der Waals surface area contributed by atoms with Gasteiger partial charge in [0.15, 0.2) is 0 Å². The van der Waals surface area contributed by atoms with Gasteiger partial charge in [-0.2, -0.15) is 0 Å². The zero-order valence-corrected chi connectivity index (χ0v) is 12.4. The van der Waals surface area contributed by atoms with Gasteiger partial charge in [-0.15, -0.1) is 11.3 Å². The predicted octanol–water partition coefficient (Wildman–Crippen LogP) is 4.37. The summed E-state index contributed by atoms with van der Waals surface area (Å²) in [6.45, 7) is 1.90. The van der Waals surface area contributed by atoms with Crippen molar-refractivity contribution in [2.45, 2.75) is 6.92 Å². The second-order valence-electron chi connectivity index (χ2n) is 4.65. The van der Waals surface area contributed by atoms with Crippen molar-refractivity contribution in [1.82, 2.24) is 4.98 Å². The smallest absolute Gasteiger partial charge is 0.267 e. The summed E-state index contributed by atoms with van der Waals surface area (Å²) in [7, 11) is 0. The molecule has 0 bridgehead atoms. The Balaban J connectivity index is 1.88. The summed E-state index contributed by atoms with van der Waals surface area (Å²) in [5.41, 5.74) is 2.87. The van der Waals surface area contributed by atoms with Crippen molar-refractivity contribution in [3.05, 3.63) is 70.5 Å². The molecule has 0 fully saturated rings. The van der Waals surface area contributed by atoms with Crippen LogP contribution in [0.25, 0.3) is 11.1 Å². The highest BCUT2D eigenvalue weighted by molar-refractivity contribution is 7.12. The van der Waals surface area contributed by atoms with E-state index in [1.807, 2.05) is 60.8 Å². The van der Waals surface area contributed by atoms with Gasteiger partial charge in [0.1, 0.15) is 10.7 Å². The van der Waals surface area contributed by atoms with E-state index >= 15 is 0 Å². The lowest BCUT2D eigenvalue weighted by Crippen LogP contribution is -2.12. The Morgan fingerprint density at radius 3 is 2.62 bits per heavy atom. The lowest BCUT2D eigenvalue weighted by molar-refractivity contribution is 0.103. The monoisotopic (exact) mass is 294 g/mol. The first-order chi connectivity index (χ1) is 10.2. The second-order valence-corrected chi connectivity index (χ2v) is 5.56. The number of pyridine rings is 1. The van der Waals surface area contributed by atoms with Gasteiger partial charge in [-0.3, -0.25) is 4.79 Å². The summed E-state index contributed by atoms with van der Waals surface area (Å²) in [4.78, 5) is 17.4. The molecule has 3 rings (SSSR count). The highest BCUT2D eigenvalue weighted by Gasteiger charge is 2.15. The molecule has 1 aromatic carbocycles. The van der Waals surface area contributed by atoms with Crippen molar-refractivity contribution in [2.75, 3.05) is 5.32 Å². The van der Waals surface area contributed by atoms with Gasteiger partial charge in [-0.05, 0) is 36.1 Å². The summed E-state index contributed by atoms with van der Waals surface area (Å²) >= 11 is 1.44. The highest BCUT2D eigenvalue weighted by Crippen LogP contribution is 2.28. The van der Waals surface area contributed by atoms with E-state index in [4.69, 9.17) is 0 Å². The lowest BCUT2D eigenvalue weighted by Gasteiger charge is -2.06. The Hall–Kier alpha value is -2.46. The molecule has 0 radical (unpaired) electrons. The number of rotatable bonds is 3. The lowest BCUT2D eigenvalue weighted by atomic mass is 10.1. The first-order valence-electron chi connectivity index (χ1n) is 6.62. The topological polar surface area (TPSA) is 42.0 Å². The van der Waals surface area contributed by atoms with Crippen LogP contribution in [0.2, 0.25) is 0 Å². The third-order valence-corrected chi connectivity index (χ3v) is 4.00. The maximum absolute atomic E-state index is 12.4. The summed E-state index contributed by atoms with van der Waals surface area (Å²) < 4.78 is 0. The van der Waals surface area contributed by atoms with Crippen LogP contribution in [0.5, 0.6) is 0 Å². The number of carbonyl (C=O) groups excluding carboxylic acids is 1. The van der Waals surface area contributed by atoms with Crippen molar-refractivity contribution >= 4 is 23.1 Å². The molecule has 0 aliphatic rings. The number of nitrogens with zero attached hydrogens (tertiary/aromatic N) is 1. The molecule has 1 amide bonds. The number of benzene rings is 1. The SMILES string of the molecule is Cc1cccc(NC(=O)c2sccc2-c2ccccc2)n1. The Morgan fingerprint density at radius 2 is 1.86 bits per heavy atom. The van der Waals surface area contributed by atoms with Gasteiger partial charge in [-0.25, -0.2) is 4.98 Å². The molecule has 21 heavy (non-hydrogen) atoms. The van der Waals surface area contributed by atoms with E-state index in [-0.39, 0.29) is 5.91 Å². The van der Waals surface area contributed by atoms with Crippen molar-refractivity contribution in [3.8, 4) is 11.1 Å². The van der Waals surface area contributed by atoms with Gasteiger partial charge in [0, 0.05) is 11.3 Å². The number of thiophene rings is 1. The van der Waals surface area contributed by atoms with Gasteiger partial charge < -0.3 is 5.32 Å². The minimum atomic E-state index is -0.123. The average molecular weight is 294 g/mol. The largest absolute Gasteiger partial charge is 0.306 e. The van der Waals surface area contributed by atoms with Gasteiger partial charge >= 0.3 is 0 Å². The Morgan fingerprint density at radius 1 is 1.05 bits per heavy atom. The minimum absolute atomic E-state index is 0.123. The maximum atomic E-state index is 12.4. The zero-order chi connectivity index (χ0) is 14.7. The molecular formula is C17H14N2OS. The van der Waals surface area contributed by atoms with E-state index in [9.17, 15) is 4.79 Å². The van der Waals surface area contributed by atoms with Crippen LogP contribution in [-0.2, 0) is 0 Å². The number of hydrogen-bond donors (Lipinski definition) is 1. The fourth-order valence-electron chi connectivity index (χ4n) is 2.12. The Bertz CT molecular complexity index is 765. The van der Waals surface area contributed by atoms with Crippen LogP contribution in [0.15, 0.2) is 60.0 Å². The minimum Gasteiger partial charge on any atom is -0.306 e. The fourth-order valence-corrected chi connectivity index (χ4v) is 2.93. The van der Waals surface area contributed by atoms with Gasteiger partial charge in [0.2, 0.25) is 0 Å². The van der Waals surface area contributed by atoms with E-state index < -0.39 is 0 Å². The van der Waals surface area contributed by atoms with E-state index in [1.165, 1.54) is 11.3 Å². The summed E-state index contributed by atoms with van der Waals surface area (Å²) in [5.74, 6) is 0.453. The standard InChI is InChI=1S/C17H14N2OS/c1-12-6-5-9-15(18-12)19-17(20)16-14(10-11-21-16)13-7-3-2-4-8-13/h2-11H,1H3,(H,18,19,20). The van der Waals surface area contributed by atoms with Crippen LogP contribution in [0.4, 0.5) is 5.82 Å². The van der Waals surface area contributed by atoms with Gasteiger partial charge in [0.25, 0.3) is 5.91 Å². The number of aromatic nitrogens is 1. The third-order valence-electron chi connectivity index (χ3n) is 3.09. The van der Waals surface area contributed by atoms with Crippen LogP contribution < -0.4 is 5.32 Å². The molecule has 3 aromatic rings. The van der Waals surface area contributed by atoms with Gasteiger partial charge in [0.05, 0.1) is 0 Å². The van der Waals surface area contributed by atoms with E-state index in [0.717, 1.165) is 16.8 Å². The quantitative estimate of drug-likeness (QED) is 0.779. The van der Waals surface area contributed by atoms with E-state index in [1.54, 1.807) is 6.07 Å². The van der Waals surface area contributed by atoms with E-state index in [0.29, 0.717) is 10.7 Å². The number of anilines is 1. The molecule has 2 aromatic heterocycles. The number of nitrogens with one attached hydrogen (secondary N) is 1. The van der Waals surface area contributed by atoms with Crippen molar-refractivity contribution in [1.29, 1.82) is 0 Å². The summed E-state index contributed by atoms with van der Waals surface area (Å²) in [5, 5.41) is 4.79. The van der Waals surface area contributed by atoms with Crippen LogP contribution in [-0.4, -0.2) is 10.9 Å². The van der Waals surface area contributed by atoms with E-state index in [2.05, 4.69) is 10.3 Å². The molecule has 0 spiro atoms. The maximum Gasteiger partial charge on any atom is 0.267 e. The first kappa shape index (κ1) is 13.5. The Kier molecular flexibility index (Phi) is 3.79. The molecule has 0 saturated carbocycles. The van der Waals surface area contributed by atoms with Crippen LogP contribution in [0, 0.1) is 6.92 Å². The summed E-state index contributed by atoms with van der Waals surface area (Å²) in [6.07, 6.45) is 0. The number of aryl methyl sites for hydroxylation is 1. The molecule has 0 unspecified atom stereocenters. The fraction of sp³-hybridized carbons (Fsp3) is 0.0588.